The Labute approximate surface area is 241 Å². The average molecular weight is 547 g/mol. The summed E-state index contributed by atoms with van der Waals surface area (Å²) in [7, 11) is 0. The summed E-state index contributed by atoms with van der Waals surface area (Å²) < 4.78 is 5.62. The number of oxazole rings is 1. The van der Waals surface area contributed by atoms with Gasteiger partial charge in [-0.05, 0) is 61.8 Å². The van der Waals surface area contributed by atoms with E-state index in [-0.39, 0.29) is 22.7 Å². The van der Waals surface area contributed by atoms with Gasteiger partial charge in [0.15, 0.2) is 5.58 Å². The van der Waals surface area contributed by atoms with Gasteiger partial charge in [0, 0.05) is 35.8 Å². The lowest BCUT2D eigenvalue weighted by molar-refractivity contribution is -0.135. The predicted octanol–water partition coefficient (Wildman–Crippen LogP) is 8.19. The Morgan fingerprint density at radius 3 is 2.05 bits per heavy atom. The molecule has 2 aliphatic rings. The maximum Gasteiger partial charge on any atom is 0.225 e. The number of carbonyl (C=O) groups is 2. The second kappa shape index (κ2) is 13.6. The minimum Gasteiger partial charge on any atom is -0.440 e. The Morgan fingerprint density at radius 2 is 1.48 bits per heavy atom. The van der Waals surface area contributed by atoms with Crippen LogP contribution in [-0.4, -0.2) is 34.7 Å². The molecule has 0 bridgehead atoms. The normalized spacial score (nSPS) is 17.3. The van der Waals surface area contributed by atoms with Gasteiger partial charge in [0.2, 0.25) is 11.8 Å². The number of hydrogen-bond donors (Lipinski definition) is 0. The first-order valence-electron chi connectivity index (χ1n) is 15.0. The average Bonchev–Trinajstić information content (AvgIpc) is 3.38. The van der Waals surface area contributed by atoms with Crippen molar-refractivity contribution < 1.29 is 14.0 Å². The third kappa shape index (κ3) is 8.78. The number of fused-ring (bicyclic) bond motifs is 2. The van der Waals surface area contributed by atoms with E-state index in [4.69, 9.17) is 4.42 Å². The highest BCUT2D eigenvalue weighted by Gasteiger charge is 2.31. The molecule has 218 valence electrons. The van der Waals surface area contributed by atoms with Gasteiger partial charge >= 0.3 is 0 Å². The highest BCUT2D eigenvalue weighted by atomic mass is 16.3. The van der Waals surface area contributed by atoms with Crippen LogP contribution in [0.4, 0.5) is 0 Å². The number of aromatic nitrogens is 1. The van der Waals surface area contributed by atoms with Crippen molar-refractivity contribution in [2.75, 3.05) is 13.1 Å². The molecular formula is C35H50N2O3. The maximum absolute atomic E-state index is 12.2. The fraction of sp³-hybridized carbons (Fsp3) is 0.571. The van der Waals surface area contributed by atoms with Crippen molar-refractivity contribution in [3.8, 4) is 0 Å². The second-order valence-electron chi connectivity index (χ2n) is 13.6. The third-order valence-electron chi connectivity index (χ3n) is 7.55. The summed E-state index contributed by atoms with van der Waals surface area (Å²) in [4.78, 5) is 30.1. The van der Waals surface area contributed by atoms with Gasteiger partial charge in [-0.1, -0.05) is 91.8 Å². The zero-order chi connectivity index (χ0) is 29.5. The fourth-order valence-corrected chi connectivity index (χ4v) is 5.21. The van der Waals surface area contributed by atoms with E-state index in [9.17, 15) is 9.59 Å². The topological polar surface area (TPSA) is 63.4 Å². The first-order chi connectivity index (χ1) is 18.8. The number of aryl methyl sites for hydroxylation is 1. The second-order valence-corrected chi connectivity index (χ2v) is 13.6. The quantitative estimate of drug-likeness (QED) is 0.325. The molecule has 5 nitrogen and oxygen atoms in total. The lowest BCUT2D eigenvalue weighted by Crippen LogP contribution is -2.38. The molecule has 0 radical (unpaired) electrons. The van der Waals surface area contributed by atoms with Crippen molar-refractivity contribution in [2.45, 2.75) is 99.3 Å². The van der Waals surface area contributed by atoms with Crippen LogP contribution in [0, 0.1) is 17.3 Å². The van der Waals surface area contributed by atoms with Crippen LogP contribution in [0.2, 0.25) is 0 Å². The van der Waals surface area contributed by atoms with Gasteiger partial charge in [0.25, 0.3) is 0 Å². The summed E-state index contributed by atoms with van der Waals surface area (Å²) in [6.07, 6.45) is 6.70. The number of Topliss-reactive ketones (excluding diaryl/α,β-unsaturated/α-hetero) is 1. The van der Waals surface area contributed by atoms with Crippen molar-refractivity contribution in [3.05, 3.63) is 65.5 Å². The van der Waals surface area contributed by atoms with Crippen LogP contribution in [0.5, 0.6) is 0 Å². The molecule has 0 spiro atoms. The molecule has 1 amide bonds. The number of hydrogen-bond acceptors (Lipinski definition) is 4. The van der Waals surface area contributed by atoms with Gasteiger partial charge in [0.05, 0.1) is 0 Å². The van der Waals surface area contributed by atoms with Crippen molar-refractivity contribution in [1.82, 2.24) is 9.88 Å². The maximum atomic E-state index is 12.2. The zero-order valence-corrected chi connectivity index (χ0v) is 26.0. The number of ketones is 1. The summed E-state index contributed by atoms with van der Waals surface area (Å²) in [6, 6.07) is 16.3. The lowest BCUT2D eigenvalue weighted by atomic mass is 9.74. The molecule has 1 saturated heterocycles. The number of amides is 1. The van der Waals surface area contributed by atoms with E-state index < -0.39 is 0 Å². The molecule has 1 aliphatic carbocycles. The van der Waals surface area contributed by atoms with E-state index in [0.29, 0.717) is 11.7 Å². The molecule has 1 aliphatic heterocycles. The van der Waals surface area contributed by atoms with E-state index in [0.717, 1.165) is 49.3 Å². The molecule has 0 saturated carbocycles. The molecule has 1 atom stereocenters. The lowest BCUT2D eigenvalue weighted by Gasteiger charge is -2.28. The first-order valence-corrected chi connectivity index (χ1v) is 15.0. The zero-order valence-electron chi connectivity index (χ0n) is 26.0. The summed E-state index contributed by atoms with van der Waals surface area (Å²) in [6.45, 7) is 18.3. The fourth-order valence-electron chi connectivity index (χ4n) is 5.21. The first kappa shape index (κ1) is 31.6. The van der Waals surface area contributed by atoms with Gasteiger partial charge in [0.1, 0.15) is 11.3 Å². The number of benzene rings is 2. The smallest absolute Gasteiger partial charge is 0.225 e. The molecule has 1 fully saturated rings. The predicted molar refractivity (Wildman–Crippen MR) is 164 cm³/mol. The Morgan fingerprint density at radius 1 is 0.875 bits per heavy atom. The number of para-hydroxylation sites is 2. The van der Waals surface area contributed by atoms with E-state index in [1.807, 2.05) is 63.8 Å². The van der Waals surface area contributed by atoms with Gasteiger partial charge in [-0.3, -0.25) is 9.59 Å². The van der Waals surface area contributed by atoms with Crippen LogP contribution in [0.25, 0.3) is 11.1 Å². The van der Waals surface area contributed by atoms with Crippen LogP contribution >= 0.6 is 0 Å². The van der Waals surface area contributed by atoms with Crippen LogP contribution < -0.4 is 0 Å². The molecule has 2 aromatic carbocycles. The molecule has 5 heteroatoms. The van der Waals surface area contributed by atoms with E-state index in [2.05, 4.69) is 50.0 Å². The van der Waals surface area contributed by atoms with Crippen molar-refractivity contribution in [1.29, 1.82) is 0 Å². The minimum absolute atomic E-state index is 0.0149. The molecule has 40 heavy (non-hydrogen) atoms. The Kier molecular flexibility index (Phi) is 10.7. The summed E-state index contributed by atoms with van der Waals surface area (Å²) >= 11 is 0. The molecule has 1 unspecified atom stereocenters. The van der Waals surface area contributed by atoms with E-state index in [1.165, 1.54) is 30.4 Å². The molecule has 5 rings (SSSR count). The van der Waals surface area contributed by atoms with Gasteiger partial charge in [-0.15, -0.1) is 0 Å². The number of piperidine rings is 1. The van der Waals surface area contributed by atoms with E-state index >= 15 is 0 Å². The molecule has 1 aromatic heterocycles. The number of carbonyl (C=O) groups excluding carboxylic acids is 2. The Bertz CT molecular complexity index is 1220. The summed E-state index contributed by atoms with van der Waals surface area (Å²) in [5.74, 6) is 1.95. The highest BCUT2D eigenvalue weighted by Crippen LogP contribution is 2.31. The van der Waals surface area contributed by atoms with Crippen molar-refractivity contribution >= 4 is 22.8 Å². The molecular weight excluding hydrogens is 496 g/mol. The Balaban J connectivity index is 0.000000169. The SMILES string of the molecule is CC(C)(C)C(=O)C1CCc2ccccc2C1.CC(C)(C)c1nc2ccccc2o1.CC(C)C(=O)N1CCCCC1. The number of rotatable bonds is 2. The summed E-state index contributed by atoms with van der Waals surface area (Å²) in [5.41, 5.74) is 4.40. The van der Waals surface area contributed by atoms with Gasteiger partial charge < -0.3 is 9.32 Å². The third-order valence-corrected chi connectivity index (χ3v) is 7.55. The van der Waals surface area contributed by atoms with Crippen LogP contribution in [0.1, 0.15) is 98.1 Å². The highest BCUT2D eigenvalue weighted by molar-refractivity contribution is 5.86. The van der Waals surface area contributed by atoms with Crippen LogP contribution in [-0.2, 0) is 27.8 Å². The minimum atomic E-state index is -0.197. The Hall–Kier alpha value is -2.95. The van der Waals surface area contributed by atoms with Crippen molar-refractivity contribution in [3.63, 3.8) is 0 Å². The van der Waals surface area contributed by atoms with Crippen LogP contribution in [0.3, 0.4) is 0 Å². The summed E-state index contributed by atoms with van der Waals surface area (Å²) in [5, 5.41) is 0. The van der Waals surface area contributed by atoms with Gasteiger partial charge in [-0.2, -0.15) is 0 Å². The number of likely N-dealkylation sites (tertiary alicyclic amines) is 1. The largest absolute Gasteiger partial charge is 0.440 e. The standard InChI is InChI=1S/C15H20O.C11H13NO.C9H17NO/c1-15(2,3)14(16)13-9-8-11-6-4-5-7-12(11)10-13;1-11(2,3)10-12-8-6-4-5-7-9(8)13-10;1-8(2)9(11)10-6-4-3-5-7-10/h4-7,13H,8-10H2,1-3H3;4-7H,1-3H3;8H,3-7H2,1-2H3. The molecule has 2 heterocycles. The van der Waals surface area contributed by atoms with Crippen molar-refractivity contribution in [2.24, 2.45) is 17.3 Å². The molecule has 3 aromatic rings. The molecule has 0 N–H and O–H groups in total. The monoisotopic (exact) mass is 546 g/mol. The van der Waals surface area contributed by atoms with Crippen LogP contribution in [0.15, 0.2) is 52.9 Å². The van der Waals surface area contributed by atoms with E-state index in [1.54, 1.807) is 0 Å². The van der Waals surface area contributed by atoms with Gasteiger partial charge in [-0.25, -0.2) is 4.98 Å². The number of nitrogens with zero attached hydrogens (tertiary/aromatic N) is 2.